The lowest BCUT2D eigenvalue weighted by Crippen LogP contribution is -2.26. The van der Waals surface area contributed by atoms with Crippen LogP contribution in [-0.4, -0.2) is 38.1 Å². The quantitative estimate of drug-likeness (QED) is 0.439. The van der Waals surface area contributed by atoms with Gasteiger partial charge in [-0.2, -0.15) is 0 Å². The summed E-state index contributed by atoms with van der Waals surface area (Å²) < 4.78 is 10.7. The smallest absolute Gasteiger partial charge is 0.306 e. The molecule has 2 rings (SSSR count). The Labute approximate surface area is 145 Å². The van der Waals surface area contributed by atoms with Crippen LogP contribution >= 0.6 is 23.2 Å². The van der Waals surface area contributed by atoms with E-state index in [4.69, 9.17) is 37.5 Å². The third-order valence-corrected chi connectivity index (χ3v) is 4.23. The molecule has 126 valence electrons. The van der Waals surface area contributed by atoms with E-state index in [0.29, 0.717) is 35.4 Å². The van der Waals surface area contributed by atoms with Gasteiger partial charge in [-0.05, 0) is 12.1 Å². The first-order valence-corrected chi connectivity index (χ1v) is 8.18. The molecule has 0 amide bonds. The van der Waals surface area contributed by atoms with Crippen LogP contribution in [0, 0.1) is 0 Å². The first-order chi connectivity index (χ1) is 11.1. The number of hydrogen-bond donors (Lipinski definition) is 0. The summed E-state index contributed by atoms with van der Waals surface area (Å²) in [6, 6.07) is 5.17. The number of ether oxygens (including phenoxy) is 2. The van der Waals surface area contributed by atoms with Gasteiger partial charge in [-0.1, -0.05) is 34.4 Å². The van der Waals surface area contributed by atoms with Crippen LogP contribution in [0.4, 0.5) is 0 Å². The molecule has 1 aliphatic heterocycles. The van der Waals surface area contributed by atoms with Gasteiger partial charge in [0.2, 0.25) is 0 Å². The average Bonchev–Trinajstić information content (AvgIpc) is 2.55. The van der Waals surface area contributed by atoms with Gasteiger partial charge >= 0.3 is 5.97 Å². The van der Waals surface area contributed by atoms with Gasteiger partial charge in [0.25, 0.3) is 0 Å². The molecule has 1 aliphatic rings. The van der Waals surface area contributed by atoms with E-state index >= 15 is 0 Å². The molecule has 0 aromatic heterocycles. The van der Waals surface area contributed by atoms with Crippen LogP contribution in [0.5, 0.6) is 0 Å². The molecule has 1 aromatic carbocycles. The number of carbonyl (C=O) groups is 1. The predicted molar refractivity (Wildman–Crippen MR) is 89.2 cm³/mol. The molecule has 1 heterocycles. The first-order valence-electron chi connectivity index (χ1n) is 7.43. The fourth-order valence-corrected chi connectivity index (χ4v) is 2.59. The molecule has 7 heteroatoms. The Morgan fingerprint density at radius 3 is 2.65 bits per heavy atom. The zero-order chi connectivity index (χ0) is 16.7. The molecule has 0 bridgehead atoms. The highest BCUT2D eigenvalue weighted by Crippen LogP contribution is 2.24. The number of halogens is 2. The number of oxime groups is 1. The minimum atomic E-state index is -0.249. The second kappa shape index (κ2) is 9.11. The standard InChI is InChI=1S/C16H19Cl2NO4/c1-21-19-15(11-2-3-13(17)14(18)10-11)4-5-16(20)23-12-6-8-22-9-7-12/h2-3,10,12H,4-9H2,1H3. The molecule has 1 fully saturated rings. The van der Waals surface area contributed by atoms with Gasteiger partial charge in [-0.25, -0.2) is 0 Å². The summed E-state index contributed by atoms with van der Waals surface area (Å²) in [5.74, 6) is -0.249. The van der Waals surface area contributed by atoms with Crippen LogP contribution in [0.25, 0.3) is 0 Å². The topological polar surface area (TPSA) is 57.1 Å². The molecule has 0 spiro atoms. The van der Waals surface area contributed by atoms with Crippen LogP contribution < -0.4 is 0 Å². The monoisotopic (exact) mass is 359 g/mol. The van der Waals surface area contributed by atoms with Gasteiger partial charge in [0.05, 0.1) is 35.4 Å². The molecule has 0 radical (unpaired) electrons. The average molecular weight is 360 g/mol. The second-order valence-electron chi connectivity index (χ2n) is 5.15. The van der Waals surface area contributed by atoms with Crippen LogP contribution in [0.15, 0.2) is 23.4 Å². The van der Waals surface area contributed by atoms with Crippen LogP contribution in [0.3, 0.4) is 0 Å². The van der Waals surface area contributed by atoms with Gasteiger partial charge in [0.1, 0.15) is 13.2 Å². The van der Waals surface area contributed by atoms with E-state index < -0.39 is 0 Å². The van der Waals surface area contributed by atoms with Gasteiger partial charge in [0.15, 0.2) is 0 Å². The summed E-state index contributed by atoms with van der Waals surface area (Å²) in [6.07, 6.45) is 2.06. The normalized spacial score (nSPS) is 16.2. The molecule has 5 nitrogen and oxygen atoms in total. The van der Waals surface area contributed by atoms with Crippen molar-refractivity contribution in [2.75, 3.05) is 20.3 Å². The number of carbonyl (C=O) groups excluding carboxylic acids is 1. The molecule has 1 aromatic rings. The van der Waals surface area contributed by atoms with Crippen LogP contribution in [-0.2, 0) is 19.1 Å². The van der Waals surface area contributed by atoms with Crippen molar-refractivity contribution in [1.29, 1.82) is 0 Å². The molecule has 0 saturated carbocycles. The maximum atomic E-state index is 12.0. The van der Waals surface area contributed by atoms with Gasteiger partial charge in [0, 0.05) is 24.8 Å². The fraction of sp³-hybridized carbons (Fsp3) is 0.500. The van der Waals surface area contributed by atoms with E-state index in [1.54, 1.807) is 18.2 Å². The Kier molecular flexibility index (Phi) is 7.15. The Morgan fingerprint density at radius 1 is 1.26 bits per heavy atom. The number of hydrogen-bond acceptors (Lipinski definition) is 5. The Bertz CT molecular complexity index is 571. The third-order valence-electron chi connectivity index (χ3n) is 3.49. The zero-order valence-electron chi connectivity index (χ0n) is 12.9. The number of nitrogens with zero attached hydrogens (tertiary/aromatic N) is 1. The largest absolute Gasteiger partial charge is 0.462 e. The van der Waals surface area contributed by atoms with Crippen LogP contribution in [0.2, 0.25) is 10.0 Å². The highest BCUT2D eigenvalue weighted by molar-refractivity contribution is 6.42. The minimum Gasteiger partial charge on any atom is -0.462 e. The Hall–Kier alpha value is -1.30. The van der Waals surface area contributed by atoms with Gasteiger partial charge in [-0.3, -0.25) is 4.79 Å². The van der Waals surface area contributed by atoms with E-state index in [1.165, 1.54) is 7.11 Å². The van der Waals surface area contributed by atoms with Crippen LogP contribution in [0.1, 0.15) is 31.2 Å². The highest BCUT2D eigenvalue weighted by atomic mass is 35.5. The maximum absolute atomic E-state index is 12.0. The number of esters is 1. The lowest BCUT2D eigenvalue weighted by molar-refractivity contribution is -0.152. The SMILES string of the molecule is CON=C(CCC(=O)OC1CCOCC1)c1ccc(Cl)c(Cl)c1. The van der Waals surface area contributed by atoms with Crippen molar-refractivity contribution in [3.05, 3.63) is 33.8 Å². The second-order valence-corrected chi connectivity index (χ2v) is 5.97. The van der Waals surface area contributed by atoms with E-state index in [-0.39, 0.29) is 18.5 Å². The van der Waals surface area contributed by atoms with Crippen molar-refractivity contribution in [3.8, 4) is 0 Å². The molecule has 0 N–H and O–H groups in total. The van der Waals surface area contributed by atoms with Crippen molar-refractivity contribution in [2.24, 2.45) is 5.16 Å². The predicted octanol–water partition coefficient (Wildman–Crippen LogP) is 3.85. The summed E-state index contributed by atoms with van der Waals surface area (Å²) >= 11 is 11.9. The Balaban J connectivity index is 1.92. The van der Waals surface area contributed by atoms with Crippen molar-refractivity contribution >= 4 is 34.9 Å². The van der Waals surface area contributed by atoms with Gasteiger partial charge < -0.3 is 14.3 Å². The fourth-order valence-electron chi connectivity index (χ4n) is 2.29. The maximum Gasteiger partial charge on any atom is 0.306 e. The van der Waals surface area contributed by atoms with Gasteiger partial charge in [-0.15, -0.1) is 0 Å². The molecule has 0 aliphatic carbocycles. The summed E-state index contributed by atoms with van der Waals surface area (Å²) in [5, 5.41) is 4.86. The van der Waals surface area contributed by atoms with E-state index in [2.05, 4.69) is 5.16 Å². The molecule has 23 heavy (non-hydrogen) atoms. The Morgan fingerprint density at radius 2 is 2.00 bits per heavy atom. The molecule has 0 atom stereocenters. The van der Waals surface area contributed by atoms with Crippen molar-refractivity contribution in [2.45, 2.75) is 31.8 Å². The lowest BCUT2D eigenvalue weighted by atomic mass is 10.1. The highest BCUT2D eigenvalue weighted by Gasteiger charge is 2.19. The molecular formula is C16H19Cl2NO4. The molecule has 0 unspecified atom stereocenters. The van der Waals surface area contributed by atoms with Crippen molar-refractivity contribution in [3.63, 3.8) is 0 Å². The minimum absolute atomic E-state index is 0.0518. The first kappa shape index (κ1) is 18.0. The molecule has 1 saturated heterocycles. The van der Waals surface area contributed by atoms with E-state index in [1.807, 2.05) is 0 Å². The number of rotatable bonds is 6. The number of benzene rings is 1. The van der Waals surface area contributed by atoms with Crippen molar-refractivity contribution < 1.29 is 19.1 Å². The summed E-state index contributed by atoms with van der Waals surface area (Å²) in [4.78, 5) is 16.8. The van der Waals surface area contributed by atoms with E-state index in [9.17, 15) is 4.79 Å². The molecular weight excluding hydrogens is 341 g/mol. The summed E-state index contributed by atoms with van der Waals surface area (Å²) in [7, 11) is 1.46. The lowest BCUT2D eigenvalue weighted by Gasteiger charge is -2.22. The zero-order valence-corrected chi connectivity index (χ0v) is 14.4. The third kappa shape index (κ3) is 5.68. The van der Waals surface area contributed by atoms with E-state index in [0.717, 1.165) is 18.4 Å². The van der Waals surface area contributed by atoms with Crippen molar-refractivity contribution in [1.82, 2.24) is 0 Å². The summed E-state index contributed by atoms with van der Waals surface area (Å²) in [6.45, 7) is 1.27. The summed E-state index contributed by atoms with van der Waals surface area (Å²) in [5.41, 5.74) is 1.38.